The molecule has 0 radical (unpaired) electrons. The van der Waals surface area contributed by atoms with Crippen molar-refractivity contribution >= 4 is 5.78 Å². The summed E-state index contributed by atoms with van der Waals surface area (Å²) in [6.45, 7) is 5.57. The number of piperidine rings is 1. The third-order valence-electron chi connectivity index (χ3n) is 7.45. The van der Waals surface area contributed by atoms with Crippen LogP contribution in [-0.2, 0) is 16.6 Å². The highest BCUT2D eigenvalue weighted by Crippen LogP contribution is 2.65. The zero-order valence-corrected chi connectivity index (χ0v) is 17.0. The number of halogens is 1. The van der Waals surface area contributed by atoms with Gasteiger partial charge in [0.2, 0.25) is 0 Å². The summed E-state index contributed by atoms with van der Waals surface area (Å²) >= 11 is 0. The smallest absolute Gasteiger partial charge is 0.174 e. The van der Waals surface area contributed by atoms with Crippen LogP contribution in [0.25, 0.3) is 0 Å². The van der Waals surface area contributed by atoms with Crippen LogP contribution < -0.4 is 28.7 Å². The highest BCUT2D eigenvalue weighted by molar-refractivity contribution is 5.90. The highest BCUT2D eigenvalue weighted by atomic mass is 127. The first-order chi connectivity index (χ1) is 11.9. The Balaban J connectivity index is 0.00000168. The van der Waals surface area contributed by atoms with Gasteiger partial charge < -0.3 is 43.4 Å². The summed E-state index contributed by atoms with van der Waals surface area (Å²) in [5, 5.41) is 22.3. The predicted octanol–water partition coefficient (Wildman–Crippen LogP) is -1.55. The number of carbonyl (C=O) groups is 1. The van der Waals surface area contributed by atoms with E-state index in [1.165, 1.54) is 0 Å². The predicted molar refractivity (Wildman–Crippen MR) is 91.6 cm³/mol. The van der Waals surface area contributed by atoms with Crippen LogP contribution in [-0.4, -0.2) is 58.4 Å². The van der Waals surface area contributed by atoms with Crippen LogP contribution in [0, 0.1) is 0 Å². The summed E-state index contributed by atoms with van der Waals surface area (Å²) in [7, 11) is 2.19. The molecule has 0 amide bonds. The first-order valence-corrected chi connectivity index (χ1v) is 9.09. The summed E-state index contributed by atoms with van der Waals surface area (Å²) < 4.78 is 6.76. The monoisotopic (exact) mass is 469 g/mol. The number of aromatic hydroxyl groups is 1. The maximum atomic E-state index is 12.7. The number of hydrogen-bond donors (Lipinski definition) is 2. The molecule has 26 heavy (non-hydrogen) atoms. The third-order valence-corrected chi connectivity index (χ3v) is 7.45. The summed E-state index contributed by atoms with van der Waals surface area (Å²) in [5.41, 5.74) is 0.295. The molecule has 2 fully saturated rings. The maximum absolute atomic E-state index is 12.7. The molecule has 0 aromatic heterocycles. The van der Waals surface area contributed by atoms with Crippen molar-refractivity contribution in [2.45, 2.75) is 48.8 Å². The molecule has 2 heterocycles. The summed E-state index contributed by atoms with van der Waals surface area (Å²) in [6.07, 6.45) is 3.47. The van der Waals surface area contributed by atoms with Crippen LogP contribution in [0.15, 0.2) is 24.8 Å². The lowest BCUT2D eigenvalue weighted by Gasteiger charge is -2.64. The number of likely N-dealkylation sites (N-methyl/N-ethyl adjacent to an activating group) is 1. The first-order valence-electron chi connectivity index (χ1n) is 9.09. The minimum absolute atomic E-state index is 0. The molecule has 140 valence electrons. The molecule has 2 bridgehead atoms. The van der Waals surface area contributed by atoms with E-state index in [0.29, 0.717) is 25.0 Å². The number of likely N-dealkylation sites (tertiary alicyclic amines) is 1. The lowest BCUT2D eigenvalue weighted by Crippen LogP contribution is -3.00. The van der Waals surface area contributed by atoms with Crippen LogP contribution in [0.3, 0.4) is 0 Å². The fourth-order valence-electron chi connectivity index (χ4n) is 6.34. The van der Waals surface area contributed by atoms with E-state index in [1.807, 2.05) is 12.1 Å². The Morgan fingerprint density at radius 3 is 2.92 bits per heavy atom. The number of nitrogens with zero attached hydrogens (tertiary/aromatic N) is 1. The molecule has 1 spiro atoms. The largest absolute Gasteiger partial charge is 1.00 e. The van der Waals surface area contributed by atoms with E-state index in [9.17, 15) is 15.0 Å². The van der Waals surface area contributed by atoms with E-state index in [0.717, 1.165) is 35.1 Å². The molecule has 1 aromatic carbocycles. The normalized spacial score (nSPS) is 41.7. The summed E-state index contributed by atoms with van der Waals surface area (Å²) in [4.78, 5) is 12.7. The van der Waals surface area contributed by atoms with Crippen LogP contribution in [0.4, 0.5) is 0 Å². The number of ketones is 1. The van der Waals surface area contributed by atoms with E-state index < -0.39 is 17.1 Å². The number of rotatable bonds is 2. The standard InChI is InChI=1S/C20H23NO4.HI/c1-3-9-21(2)10-8-19-16-12-4-5-13(22)17(16)25-18(19)14(23)6-7-20(19,24)15(21)11-12;/h3-5,15,18,24H,1,6-11H2,2H3;1H. The van der Waals surface area contributed by atoms with Gasteiger partial charge in [-0.2, -0.15) is 0 Å². The number of ether oxygens (including phenoxy) is 1. The Bertz CT molecular complexity index is 826. The van der Waals surface area contributed by atoms with Crippen LogP contribution in [0.2, 0.25) is 0 Å². The number of phenolic OH excluding ortho intramolecular Hbond substituents is 1. The molecule has 1 saturated carbocycles. The van der Waals surface area contributed by atoms with Gasteiger partial charge in [-0.25, -0.2) is 0 Å². The van der Waals surface area contributed by atoms with Gasteiger partial charge in [0.1, 0.15) is 11.6 Å². The molecule has 2 aliphatic carbocycles. The minimum atomic E-state index is -0.992. The second kappa shape index (κ2) is 5.45. The van der Waals surface area contributed by atoms with Crippen molar-refractivity contribution in [3.63, 3.8) is 0 Å². The van der Waals surface area contributed by atoms with Crippen molar-refractivity contribution < 1.29 is 48.2 Å². The Labute approximate surface area is 170 Å². The molecule has 1 aromatic rings. The second-order valence-electron chi connectivity index (χ2n) is 8.45. The van der Waals surface area contributed by atoms with E-state index in [2.05, 4.69) is 13.6 Å². The Hall–Kier alpha value is -1.12. The molecule has 4 aliphatic rings. The molecule has 5 rings (SSSR count). The van der Waals surface area contributed by atoms with Gasteiger partial charge >= 0.3 is 0 Å². The van der Waals surface area contributed by atoms with Gasteiger partial charge in [-0.05, 0) is 24.1 Å². The fraction of sp³-hybridized carbons (Fsp3) is 0.550. The van der Waals surface area contributed by atoms with Gasteiger partial charge in [0.15, 0.2) is 23.4 Å². The van der Waals surface area contributed by atoms with Gasteiger partial charge in [0, 0.05) is 24.8 Å². The molecule has 5 unspecified atom stereocenters. The zero-order valence-electron chi connectivity index (χ0n) is 14.9. The van der Waals surface area contributed by atoms with Crippen molar-refractivity contribution in [1.29, 1.82) is 0 Å². The van der Waals surface area contributed by atoms with Gasteiger partial charge in [0.05, 0.1) is 25.6 Å². The summed E-state index contributed by atoms with van der Waals surface area (Å²) in [6, 6.07) is 3.60. The van der Waals surface area contributed by atoms with E-state index in [4.69, 9.17) is 4.74 Å². The van der Waals surface area contributed by atoms with E-state index >= 15 is 0 Å². The van der Waals surface area contributed by atoms with Gasteiger partial charge in [-0.1, -0.05) is 12.6 Å². The molecular weight excluding hydrogens is 445 g/mol. The SMILES string of the molecule is C=CC[N+]1(C)CCC23c4c5ccc(O)c4OC2C(=O)CCC3(O)C1C5.[I-]. The topological polar surface area (TPSA) is 66.8 Å². The van der Waals surface area contributed by atoms with Crippen LogP contribution in [0.5, 0.6) is 11.5 Å². The fourth-order valence-corrected chi connectivity index (χ4v) is 6.34. The quantitative estimate of drug-likeness (QED) is 0.313. The molecule has 5 atom stereocenters. The van der Waals surface area contributed by atoms with Crippen molar-refractivity contribution in [3.8, 4) is 11.5 Å². The number of hydrogen-bond acceptors (Lipinski definition) is 4. The Morgan fingerprint density at radius 2 is 2.19 bits per heavy atom. The number of aliphatic hydroxyl groups is 1. The van der Waals surface area contributed by atoms with Crippen molar-refractivity contribution in [3.05, 3.63) is 35.9 Å². The zero-order chi connectivity index (χ0) is 17.6. The number of phenols is 1. The average molecular weight is 469 g/mol. The number of benzene rings is 1. The molecule has 1 saturated heterocycles. The first kappa shape index (κ1) is 18.3. The molecule has 6 heteroatoms. The van der Waals surface area contributed by atoms with E-state index in [-0.39, 0.29) is 41.6 Å². The minimum Gasteiger partial charge on any atom is -1.00 e. The molecule has 5 nitrogen and oxygen atoms in total. The lowest BCUT2D eigenvalue weighted by atomic mass is 9.48. The number of Topliss-reactive ketones (excluding diaryl/α,β-unsaturated/α-hetero) is 1. The maximum Gasteiger partial charge on any atom is 0.174 e. The lowest BCUT2D eigenvalue weighted by molar-refractivity contribution is -0.944. The average Bonchev–Trinajstić information content (AvgIpc) is 2.93. The Kier molecular flexibility index (Phi) is 3.83. The van der Waals surface area contributed by atoms with Gasteiger partial charge in [-0.15, -0.1) is 0 Å². The second-order valence-corrected chi connectivity index (χ2v) is 8.45. The molecule has 2 N–H and O–H groups in total. The molecule has 2 aliphatic heterocycles. The number of quaternary nitrogens is 1. The highest BCUT2D eigenvalue weighted by Gasteiger charge is 2.76. The van der Waals surface area contributed by atoms with Crippen LogP contribution in [0.1, 0.15) is 30.4 Å². The van der Waals surface area contributed by atoms with Crippen molar-refractivity contribution in [1.82, 2.24) is 0 Å². The Morgan fingerprint density at radius 1 is 1.42 bits per heavy atom. The van der Waals surface area contributed by atoms with Gasteiger partial charge in [0.25, 0.3) is 0 Å². The van der Waals surface area contributed by atoms with Gasteiger partial charge in [-0.3, -0.25) is 4.79 Å². The van der Waals surface area contributed by atoms with Crippen molar-refractivity contribution in [2.24, 2.45) is 0 Å². The summed E-state index contributed by atoms with van der Waals surface area (Å²) in [5.74, 6) is 0.547. The van der Waals surface area contributed by atoms with Crippen molar-refractivity contribution in [2.75, 3.05) is 20.1 Å². The molecular formula is C20H24INO4. The van der Waals surface area contributed by atoms with E-state index in [1.54, 1.807) is 6.07 Å². The number of carbonyl (C=O) groups excluding carboxylic acids is 1. The van der Waals surface area contributed by atoms with Crippen LogP contribution >= 0.6 is 0 Å². The third kappa shape index (κ3) is 1.81.